The first-order valence-electron chi connectivity index (χ1n) is 6.41. The first kappa shape index (κ1) is 18.1. The van der Waals surface area contributed by atoms with E-state index >= 15 is 0 Å². The van der Waals surface area contributed by atoms with Gasteiger partial charge in [0.25, 0.3) is 0 Å². The molecule has 0 spiro atoms. The summed E-state index contributed by atoms with van der Waals surface area (Å²) in [6.07, 6.45) is 4.25. The summed E-state index contributed by atoms with van der Waals surface area (Å²) in [6, 6.07) is 0. The van der Waals surface area contributed by atoms with Gasteiger partial charge in [0.05, 0.1) is 13.2 Å². The zero-order valence-corrected chi connectivity index (χ0v) is 12.2. The van der Waals surface area contributed by atoms with Gasteiger partial charge in [-0.2, -0.15) is 0 Å². The van der Waals surface area contributed by atoms with Crippen molar-refractivity contribution in [2.75, 3.05) is 26.8 Å². The van der Waals surface area contributed by atoms with Crippen molar-refractivity contribution >= 4 is 24.2 Å². The van der Waals surface area contributed by atoms with Gasteiger partial charge in [-0.1, -0.05) is 19.3 Å². The number of rotatable bonds is 7. The minimum atomic E-state index is -0.835. The molecule has 0 saturated heterocycles. The van der Waals surface area contributed by atoms with Crippen molar-refractivity contribution in [3.63, 3.8) is 0 Å². The minimum absolute atomic E-state index is 0. The Morgan fingerprint density at radius 1 is 1.26 bits per heavy atom. The molecule has 0 aliphatic heterocycles. The summed E-state index contributed by atoms with van der Waals surface area (Å²) in [6.45, 7) is 1.33. The largest absolute Gasteiger partial charge is 0.383 e. The lowest BCUT2D eigenvalue weighted by atomic mass is 9.81. The van der Waals surface area contributed by atoms with E-state index in [0.29, 0.717) is 26.0 Å². The molecule has 19 heavy (non-hydrogen) atoms. The van der Waals surface area contributed by atoms with Gasteiger partial charge < -0.3 is 21.1 Å². The van der Waals surface area contributed by atoms with Crippen molar-refractivity contribution in [1.29, 1.82) is 0 Å². The van der Waals surface area contributed by atoms with Crippen molar-refractivity contribution in [2.24, 2.45) is 5.73 Å². The highest BCUT2D eigenvalue weighted by molar-refractivity contribution is 5.91. The fourth-order valence-electron chi connectivity index (χ4n) is 2.28. The number of hydrogen-bond acceptors (Lipinski definition) is 4. The summed E-state index contributed by atoms with van der Waals surface area (Å²) in [5.74, 6) is -0.612. The number of nitrogens with two attached hydrogens (primary N) is 1. The first-order valence-corrected chi connectivity index (χ1v) is 6.41. The Balaban J connectivity index is 0.00000324. The van der Waals surface area contributed by atoms with Gasteiger partial charge in [0.1, 0.15) is 5.54 Å². The van der Waals surface area contributed by atoms with Crippen LogP contribution < -0.4 is 16.4 Å². The normalized spacial score (nSPS) is 17.3. The minimum Gasteiger partial charge on any atom is -0.383 e. The Morgan fingerprint density at radius 2 is 1.89 bits per heavy atom. The SMILES string of the molecule is COCCNCC(=O)NC1(C(N)=O)CCCCC1.Cl. The quantitative estimate of drug-likeness (QED) is 0.574. The summed E-state index contributed by atoms with van der Waals surface area (Å²) in [7, 11) is 1.60. The highest BCUT2D eigenvalue weighted by atomic mass is 35.5. The van der Waals surface area contributed by atoms with E-state index in [1.807, 2.05) is 0 Å². The van der Waals surface area contributed by atoms with E-state index in [-0.39, 0.29) is 24.9 Å². The van der Waals surface area contributed by atoms with Crippen LogP contribution in [0.1, 0.15) is 32.1 Å². The zero-order chi connectivity index (χ0) is 13.4. The highest BCUT2D eigenvalue weighted by Crippen LogP contribution is 2.27. The number of carbonyl (C=O) groups excluding carboxylic acids is 2. The predicted octanol–water partition coefficient (Wildman–Crippen LogP) is -0.0514. The van der Waals surface area contributed by atoms with Gasteiger partial charge in [-0.25, -0.2) is 0 Å². The molecule has 0 bridgehead atoms. The summed E-state index contributed by atoms with van der Waals surface area (Å²) in [5.41, 5.74) is 4.60. The van der Waals surface area contributed by atoms with Crippen LogP contribution in [-0.2, 0) is 14.3 Å². The lowest BCUT2D eigenvalue weighted by Gasteiger charge is -2.35. The summed E-state index contributed by atoms with van der Waals surface area (Å²) in [5, 5.41) is 5.73. The van der Waals surface area contributed by atoms with E-state index in [1.54, 1.807) is 7.11 Å². The zero-order valence-electron chi connectivity index (χ0n) is 11.4. The second kappa shape index (κ2) is 9.12. The van der Waals surface area contributed by atoms with Gasteiger partial charge in [-0.3, -0.25) is 9.59 Å². The molecule has 1 aliphatic carbocycles. The molecule has 112 valence electrons. The van der Waals surface area contributed by atoms with Crippen LogP contribution >= 0.6 is 12.4 Å². The molecule has 0 atom stereocenters. The van der Waals surface area contributed by atoms with Crippen molar-refractivity contribution in [2.45, 2.75) is 37.6 Å². The maximum absolute atomic E-state index is 11.8. The van der Waals surface area contributed by atoms with E-state index in [4.69, 9.17) is 10.5 Å². The van der Waals surface area contributed by atoms with Crippen LogP contribution in [0.2, 0.25) is 0 Å². The molecule has 6 nitrogen and oxygen atoms in total. The number of ether oxygens (including phenoxy) is 1. The molecular formula is C12H24ClN3O3. The topological polar surface area (TPSA) is 93.4 Å². The second-order valence-electron chi connectivity index (χ2n) is 4.72. The molecule has 1 saturated carbocycles. The van der Waals surface area contributed by atoms with Gasteiger partial charge in [0.15, 0.2) is 0 Å². The number of methoxy groups -OCH3 is 1. The van der Waals surface area contributed by atoms with E-state index in [2.05, 4.69) is 10.6 Å². The average molecular weight is 294 g/mol. The Hall–Kier alpha value is -0.850. The highest BCUT2D eigenvalue weighted by Gasteiger charge is 2.38. The number of halogens is 1. The van der Waals surface area contributed by atoms with E-state index in [9.17, 15) is 9.59 Å². The number of nitrogens with one attached hydrogen (secondary N) is 2. The van der Waals surface area contributed by atoms with Crippen LogP contribution in [0.15, 0.2) is 0 Å². The van der Waals surface area contributed by atoms with Gasteiger partial charge in [-0.15, -0.1) is 12.4 Å². The Kier molecular flexibility index (Phi) is 8.71. The van der Waals surface area contributed by atoms with Gasteiger partial charge in [0.2, 0.25) is 11.8 Å². The van der Waals surface area contributed by atoms with E-state index < -0.39 is 11.4 Å². The smallest absolute Gasteiger partial charge is 0.243 e. The van der Waals surface area contributed by atoms with Crippen LogP contribution in [0, 0.1) is 0 Å². The first-order chi connectivity index (χ1) is 8.60. The van der Waals surface area contributed by atoms with E-state index in [0.717, 1.165) is 19.3 Å². The average Bonchev–Trinajstić information content (AvgIpc) is 2.35. The fraction of sp³-hybridized carbons (Fsp3) is 0.833. The standard InChI is InChI=1S/C12H23N3O3.ClH/c1-18-8-7-14-9-10(16)15-12(11(13)17)5-3-2-4-6-12;/h14H,2-9H2,1H3,(H2,13,17)(H,15,16);1H. The lowest BCUT2D eigenvalue weighted by Crippen LogP contribution is -2.59. The third-order valence-corrected chi connectivity index (χ3v) is 3.33. The molecule has 4 N–H and O–H groups in total. The molecule has 0 aromatic carbocycles. The third-order valence-electron chi connectivity index (χ3n) is 3.33. The number of carbonyl (C=O) groups is 2. The molecule has 2 amide bonds. The van der Waals surface area contributed by atoms with Gasteiger partial charge >= 0.3 is 0 Å². The molecule has 1 fully saturated rings. The monoisotopic (exact) mass is 293 g/mol. The van der Waals surface area contributed by atoms with Crippen molar-refractivity contribution in [3.05, 3.63) is 0 Å². The molecule has 0 unspecified atom stereocenters. The molecule has 0 radical (unpaired) electrons. The van der Waals surface area contributed by atoms with Crippen molar-refractivity contribution in [3.8, 4) is 0 Å². The maximum atomic E-state index is 11.8. The van der Waals surface area contributed by atoms with E-state index in [1.165, 1.54) is 0 Å². The molecule has 0 heterocycles. The van der Waals surface area contributed by atoms with Crippen LogP contribution in [-0.4, -0.2) is 44.2 Å². The molecule has 7 heteroatoms. The molecule has 0 aromatic rings. The van der Waals surface area contributed by atoms with Crippen molar-refractivity contribution in [1.82, 2.24) is 10.6 Å². The van der Waals surface area contributed by atoms with Crippen LogP contribution in [0.5, 0.6) is 0 Å². The summed E-state index contributed by atoms with van der Waals surface area (Å²) in [4.78, 5) is 23.3. The number of amides is 2. The Bertz CT molecular complexity index is 294. The summed E-state index contributed by atoms with van der Waals surface area (Å²) < 4.78 is 4.86. The van der Waals surface area contributed by atoms with Crippen LogP contribution in [0.4, 0.5) is 0 Å². The van der Waals surface area contributed by atoms with Gasteiger partial charge in [0, 0.05) is 13.7 Å². The lowest BCUT2D eigenvalue weighted by molar-refractivity contribution is -0.132. The maximum Gasteiger partial charge on any atom is 0.243 e. The Morgan fingerprint density at radius 3 is 2.42 bits per heavy atom. The molecule has 1 aliphatic rings. The number of primary amides is 1. The third kappa shape index (κ3) is 5.76. The van der Waals surface area contributed by atoms with Crippen LogP contribution in [0.3, 0.4) is 0 Å². The Labute approximate surface area is 120 Å². The summed E-state index contributed by atoms with van der Waals surface area (Å²) >= 11 is 0. The number of hydrogen-bond donors (Lipinski definition) is 3. The molecular weight excluding hydrogens is 270 g/mol. The predicted molar refractivity (Wildman–Crippen MR) is 75.1 cm³/mol. The second-order valence-corrected chi connectivity index (χ2v) is 4.72. The van der Waals surface area contributed by atoms with Gasteiger partial charge in [-0.05, 0) is 12.8 Å². The molecule has 1 rings (SSSR count). The van der Waals surface area contributed by atoms with Crippen LogP contribution in [0.25, 0.3) is 0 Å². The van der Waals surface area contributed by atoms with Crippen molar-refractivity contribution < 1.29 is 14.3 Å². The molecule has 0 aromatic heterocycles. The fourth-order valence-corrected chi connectivity index (χ4v) is 2.28.